The van der Waals surface area contributed by atoms with Gasteiger partial charge in [0.05, 0.1) is 0 Å². The van der Waals surface area contributed by atoms with Crippen molar-refractivity contribution in [2.24, 2.45) is 0 Å². The van der Waals surface area contributed by atoms with Crippen LogP contribution in [0.2, 0.25) is 0 Å². The average Bonchev–Trinajstić information content (AvgIpc) is 2.75. The van der Waals surface area contributed by atoms with Gasteiger partial charge in [0.25, 0.3) is 0 Å². The minimum Gasteiger partial charge on any atom is -0.287 e. The van der Waals surface area contributed by atoms with Crippen LogP contribution in [-0.2, 0) is 9.59 Å². The van der Waals surface area contributed by atoms with E-state index in [-0.39, 0.29) is 10.2 Å². The Hall–Kier alpha value is -0.310. The van der Waals surface area contributed by atoms with E-state index in [1.54, 1.807) is 0 Å². The Morgan fingerprint density at radius 2 is 0.613 bits per heavy atom. The van der Waals surface area contributed by atoms with Crippen LogP contribution in [-0.4, -0.2) is 10.2 Å². The van der Waals surface area contributed by atoms with Crippen molar-refractivity contribution >= 4 is 22.0 Å². The third-order valence-electron chi connectivity index (χ3n) is 6.20. The molecular weight excluding hydrogens is 400 g/mol. The number of hydrogen-bond acceptors (Lipinski definition) is 3. The molecule has 0 bridgehead atoms. The van der Waals surface area contributed by atoms with Crippen molar-refractivity contribution in [2.45, 2.75) is 168 Å². The van der Waals surface area contributed by atoms with Crippen molar-refractivity contribution < 1.29 is 9.59 Å². The van der Waals surface area contributed by atoms with E-state index in [2.05, 4.69) is 13.8 Å². The largest absolute Gasteiger partial charge is 0.287 e. The summed E-state index contributed by atoms with van der Waals surface area (Å²) in [6.45, 7) is 4.52. The molecule has 0 fully saturated rings. The number of thioether (sulfide) groups is 1. The average molecular weight is 455 g/mol. The molecule has 0 aromatic heterocycles. The van der Waals surface area contributed by atoms with Crippen molar-refractivity contribution in [2.75, 3.05) is 0 Å². The zero-order chi connectivity index (χ0) is 22.8. The minimum atomic E-state index is 0.0870. The Morgan fingerprint density at radius 3 is 0.871 bits per heavy atom. The summed E-state index contributed by atoms with van der Waals surface area (Å²) in [5.74, 6) is 0. The van der Waals surface area contributed by atoms with Gasteiger partial charge in [-0.05, 0) is 24.6 Å². The molecule has 0 rings (SSSR count). The van der Waals surface area contributed by atoms with Gasteiger partial charge in [-0.3, -0.25) is 9.59 Å². The van der Waals surface area contributed by atoms with Gasteiger partial charge in [0.2, 0.25) is 0 Å². The number of carbonyl (C=O) groups excluding carboxylic acids is 2. The molecule has 0 aromatic rings. The third-order valence-corrected chi connectivity index (χ3v) is 7.06. The molecule has 0 aliphatic carbocycles. The normalized spacial score (nSPS) is 11.2. The van der Waals surface area contributed by atoms with Gasteiger partial charge in [0, 0.05) is 12.8 Å². The molecule has 0 spiro atoms. The molecule has 0 aliphatic heterocycles. The van der Waals surface area contributed by atoms with Crippen LogP contribution < -0.4 is 0 Å². The Labute approximate surface area is 199 Å². The lowest BCUT2D eigenvalue weighted by Crippen LogP contribution is -1.99. The van der Waals surface area contributed by atoms with Gasteiger partial charge in [-0.1, -0.05) is 142 Å². The van der Waals surface area contributed by atoms with Crippen LogP contribution in [0.25, 0.3) is 0 Å². The summed E-state index contributed by atoms with van der Waals surface area (Å²) >= 11 is 0.984. The Morgan fingerprint density at radius 1 is 0.387 bits per heavy atom. The molecule has 0 saturated heterocycles. The summed E-state index contributed by atoms with van der Waals surface area (Å²) in [5.41, 5.74) is 0. The molecule has 0 unspecified atom stereocenters. The molecule has 2 nitrogen and oxygen atoms in total. The highest BCUT2D eigenvalue weighted by Crippen LogP contribution is 2.17. The summed E-state index contributed by atoms with van der Waals surface area (Å²) in [5, 5.41) is 0.174. The van der Waals surface area contributed by atoms with E-state index in [1.165, 1.54) is 116 Å². The quantitative estimate of drug-likeness (QED) is 0.136. The lowest BCUT2D eigenvalue weighted by atomic mass is 10.1. The monoisotopic (exact) mass is 454 g/mol. The maximum Gasteiger partial charge on any atom is 0.196 e. The third kappa shape index (κ3) is 25.8. The fourth-order valence-electron chi connectivity index (χ4n) is 4.10. The first-order valence-corrected chi connectivity index (χ1v) is 14.8. The summed E-state index contributed by atoms with van der Waals surface area (Å²) in [6, 6.07) is 0. The van der Waals surface area contributed by atoms with Crippen LogP contribution in [0, 0.1) is 0 Å². The maximum absolute atomic E-state index is 12.0. The zero-order valence-corrected chi connectivity index (χ0v) is 22.0. The fraction of sp³-hybridized carbons (Fsp3) is 0.929. The van der Waals surface area contributed by atoms with E-state index in [0.717, 1.165) is 37.4 Å². The van der Waals surface area contributed by atoms with Crippen molar-refractivity contribution in [3.63, 3.8) is 0 Å². The highest BCUT2D eigenvalue weighted by atomic mass is 32.2. The van der Waals surface area contributed by atoms with Crippen molar-refractivity contribution in [1.82, 2.24) is 0 Å². The predicted molar refractivity (Wildman–Crippen MR) is 140 cm³/mol. The van der Waals surface area contributed by atoms with Gasteiger partial charge >= 0.3 is 0 Å². The van der Waals surface area contributed by atoms with Crippen LogP contribution in [0.3, 0.4) is 0 Å². The lowest BCUT2D eigenvalue weighted by molar-refractivity contribution is -0.113. The van der Waals surface area contributed by atoms with Crippen LogP contribution in [0.5, 0.6) is 0 Å². The van der Waals surface area contributed by atoms with Crippen LogP contribution in [0.4, 0.5) is 0 Å². The molecule has 31 heavy (non-hydrogen) atoms. The molecule has 0 aromatic carbocycles. The van der Waals surface area contributed by atoms with E-state index in [0.29, 0.717) is 12.8 Å². The Kier molecular flexibility index (Phi) is 25.7. The van der Waals surface area contributed by atoms with E-state index >= 15 is 0 Å². The molecule has 0 saturated carbocycles. The van der Waals surface area contributed by atoms with E-state index in [9.17, 15) is 9.59 Å². The van der Waals surface area contributed by atoms with Crippen LogP contribution in [0.1, 0.15) is 168 Å². The smallest absolute Gasteiger partial charge is 0.196 e. The summed E-state index contributed by atoms with van der Waals surface area (Å²) in [6.07, 6.45) is 29.6. The molecule has 0 atom stereocenters. The van der Waals surface area contributed by atoms with Gasteiger partial charge < -0.3 is 0 Å². The SMILES string of the molecule is CCCCCCCCCCCCCC(=O)SC(=O)CCCCCCCCCCCCC. The Balaban J connectivity index is 3.31. The van der Waals surface area contributed by atoms with E-state index in [1.807, 2.05) is 0 Å². The van der Waals surface area contributed by atoms with Gasteiger partial charge in [-0.25, -0.2) is 0 Å². The second kappa shape index (κ2) is 25.9. The van der Waals surface area contributed by atoms with E-state index in [4.69, 9.17) is 0 Å². The van der Waals surface area contributed by atoms with Gasteiger partial charge in [0.15, 0.2) is 10.2 Å². The standard InChI is InChI=1S/C28H54O2S/c1-3-5-7-9-11-13-15-17-19-21-23-25-27(29)31-28(30)26-24-22-20-18-16-14-12-10-8-6-4-2/h3-26H2,1-2H3. The van der Waals surface area contributed by atoms with Crippen molar-refractivity contribution in [3.8, 4) is 0 Å². The topological polar surface area (TPSA) is 34.1 Å². The maximum atomic E-state index is 12.0. The molecular formula is C28H54O2S. The molecule has 0 aliphatic rings. The van der Waals surface area contributed by atoms with Crippen molar-refractivity contribution in [1.29, 1.82) is 0 Å². The first-order chi connectivity index (χ1) is 15.2. The minimum absolute atomic E-state index is 0.0870. The second-order valence-corrected chi connectivity index (χ2v) is 10.5. The number of carbonyl (C=O) groups is 2. The second-order valence-electron chi connectivity index (χ2n) is 9.42. The fourth-order valence-corrected chi connectivity index (χ4v) is 4.84. The Bertz CT molecular complexity index is 358. The van der Waals surface area contributed by atoms with Crippen LogP contribution in [0.15, 0.2) is 0 Å². The van der Waals surface area contributed by atoms with Crippen LogP contribution >= 0.6 is 11.8 Å². The number of hydrogen-bond donors (Lipinski definition) is 0. The van der Waals surface area contributed by atoms with Gasteiger partial charge in [-0.2, -0.15) is 0 Å². The summed E-state index contributed by atoms with van der Waals surface area (Å²) in [7, 11) is 0. The van der Waals surface area contributed by atoms with Crippen molar-refractivity contribution in [3.05, 3.63) is 0 Å². The highest BCUT2D eigenvalue weighted by Gasteiger charge is 2.10. The number of unbranched alkanes of at least 4 members (excludes halogenated alkanes) is 20. The molecule has 3 heteroatoms. The molecule has 0 N–H and O–H groups in total. The number of rotatable bonds is 24. The summed E-state index contributed by atoms with van der Waals surface area (Å²) in [4.78, 5) is 23.9. The highest BCUT2D eigenvalue weighted by molar-refractivity contribution is 8.26. The van der Waals surface area contributed by atoms with E-state index < -0.39 is 0 Å². The van der Waals surface area contributed by atoms with Gasteiger partial charge in [-0.15, -0.1) is 0 Å². The molecule has 0 radical (unpaired) electrons. The first kappa shape index (κ1) is 30.7. The lowest BCUT2D eigenvalue weighted by Gasteiger charge is -2.03. The molecule has 0 amide bonds. The zero-order valence-electron chi connectivity index (χ0n) is 21.2. The molecule has 0 heterocycles. The first-order valence-electron chi connectivity index (χ1n) is 13.9. The summed E-state index contributed by atoms with van der Waals surface area (Å²) < 4.78 is 0. The predicted octanol–water partition coefficient (Wildman–Crippen LogP) is 10.2. The molecule has 184 valence electrons. The van der Waals surface area contributed by atoms with Gasteiger partial charge in [0.1, 0.15) is 0 Å².